The highest BCUT2D eigenvalue weighted by atomic mass is 16.4. The van der Waals surface area contributed by atoms with Gasteiger partial charge < -0.3 is 9.52 Å². The average molecular weight is 178 g/mol. The van der Waals surface area contributed by atoms with Crippen LogP contribution in [0.4, 0.5) is 0 Å². The van der Waals surface area contributed by atoms with Crippen LogP contribution < -0.4 is 10.0 Å². The van der Waals surface area contributed by atoms with Gasteiger partial charge in [-0.05, 0) is 13.0 Å². The molecule has 0 aromatic carbocycles. The van der Waals surface area contributed by atoms with Crippen LogP contribution in [0, 0.1) is 6.92 Å². The first-order chi connectivity index (χ1) is 6.20. The van der Waals surface area contributed by atoms with Gasteiger partial charge in [0.05, 0.1) is 6.07 Å². The molecule has 0 aliphatic rings. The van der Waals surface area contributed by atoms with Gasteiger partial charge in [-0.2, -0.15) is 0 Å². The standard InChI is InChI=1S/C9H7NO3/c1-6-8(11)10-5-3-2-4-7(10)13-9(6)12/h2-5H,1H3/p+1. The van der Waals surface area contributed by atoms with E-state index >= 15 is 0 Å². The van der Waals surface area contributed by atoms with Gasteiger partial charge >= 0.3 is 17.2 Å². The molecule has 2 aromatic rings. The number of rotatable bonds is 0. The lowest BCUT2D eigenvalue weighted by molar-refractivity contribution is -0.533. The number of pyridine rings is 1. The van der Waals surface area contributed by atoms with Gasteiger partial charge in [0, 0.05) is 6.07 Å². The van der Waals surface area contributed by atoms with E-state index in [9.17, 15) is 9.90 Å². The fraction of sp³-hybridized carbons (Fsp3) is 0.111. The van der Waals surface area contributed by atoms with Gasteiger partial charge in [-0.25, -0.2) is 4.79 Å². The highest BCUT2D eigenvalue weighted by Gasteiger charge is 2.16. The van der Waals surface area contributed by atoms with Crippen LogP contribution in [0.25, 0.3) is 5.71 Å². The van der Waals surface area contributed by atoms with Crippen LogP contribution in [0.3, 0.4) is 0 Å². The van der Waals surface area contributed by atoms with Gasteiger partial charge in [0.25, 0.3) is 0 Å². The summed E-state index contributed by atoms with van der Waals surface area (Å²) >= 11 is 0. The molecule has 0 aliphatic carbocycles. The summed E-state index contributed by atoms with van der Waals surface area (Å²) in [5.74, 6) is -0.0770. The molecule has 2 heterocycles. The van der Waals surface area contributed by atoms with Crippen LogP contribution in [0.5, 0.6) is 5.88 Å². The summed E-state index contributed by atoms with van der Waals surface area (Å²) in [6.07, 6.45) is 1.63. The van der Waals surface area contributed by atoms with Gasteiger partial charge in [0.2, 0.25) is 0 Å². The van der Waals surface area contributed by atoms with Crippen molar-refractivity contribution >= 4 is 5.71 Å². The smallest absolute Gasteiger partial charge is 0.384 e. The van der Waals surface area contributed by atoms with Gasteiger partial charge in [-0.3, -0.25) is 0 Å². The Bertz CT molecular complexity index is 516. The molecule has 4 heteroatoms. The van der Waals surface area contributed by atoms with Crippen LogP contribution in [0.15, 0.2) is 33.6 Å². The number of fused-ring (bicyclic) bond motifs is 1. The SMILES string of the molecule is Cc1c(O)[n+]2ccccc2oc1=O. The van der Waals surface area contributed by atoms with Crippen molar-refractivity contribution in [2.24, 2.45) is 0 Å². The molecule has 13 heavy (non-hydrogen) atoms. The van der Waals surface area contributed by atoms with Gasteiger partial charge in [0.1, 0.15) is 5.56 Å². The topological polar surface area (TPSA) is 54.5 Å². The summed E-state index contributed by atoms with van der Waals surface area (Å²) in [7, 11) is 0. The molecule has 0 radical (unpaired) electrons. The highest BCUT2D eigenvalue weighted by Crippen LogP contribution is 2.05. The second-order valence-electron chi connectivity index (χ2n) is 2.75. The van der Waals surface area contributed by atoms with E-state index in [2.05, 4.69) is 0 Å². The molecule has 4 nitrogen and oxygen atoms in total. The first kappa shape index (κ1) is 7.79. The zero-order valence-electron chi connectivity index (χ0n) is 7.02. The van der Waals surface area contributed by atoms with E-state index in [0.29, 0.717) is 5.71 Å². The largest absolute Gasteiger partial charge is 0.459 e. The van der Waals surface area contributed by atoms with E-state index < -0.39 is 5.63 Å². The van der Waals surface area contributed by atoms with Crippen molar-refractivity contribution in [2.75, 3.05) is 0 Å². The van der Waals surface area contributed by atoms with Gasteiger partial charge in [-0.1, -0.05) is 4.40 Å². The summed E-state index contributed by atoms with van der Waals surface area (Å²) in [4.78, 5) is 11.1. The zero-order valence-corrected chi connectivity index (χ0v) is 7.02. The normalized spacial score (nSPS) is 10.5. The van der Waals surface area contributed by atoms with Crippen molar-refractivity contribution in [3.05, 3.63) is 40.4 Å². The molecule has 0 fully saturated rings. The van der Waals surface area contributed by atoms with Crippen LogP contribution in [-0.2, 0) is 0 Å². The molecule has 66 valence electrons. The maximum atomic E-state index is 11.1. The monoisotopic (exact) mass is 178 g/mol. The van der Waals surface area contributed by atoms with Crippen molar-refractivity contribution in [2.45, 2.75) is 6.92 Å². The van der Waals surface area contributed by atoms with Crippen molar-refractivity contribution in [3.8, 4) is 5.88 Å². The summed E-state index contributed by atoms with van der Waals surface area (Å²) < 4.78 is 6.33. The first-order valence-corrected chi connectivity index (χ1v) is 3.83. The predicted molar refractivity (Wildman–Crippen MR) is 44.5 cm³/mol. The molecule has 1 N–H and O–H groups in total. The minimum atomic E-state index is -0.510. The van der Waals surface area contributed by atoms with E-state index in [-0.39, 0.29) is 11.4 Å². The second kappa shape index (κ2) is 2.58. The maximum Gasteiger partial charge on any atom is 0.384 e. The van der Waals surface area contributed by atoms with E-state index in [1.54, 1.807) is 24.4 Å². The molecule has 0 saturated heterocycles. The quantitative estimate of drug-likeness (QED) is 0.594. The number of hydrogen-bond acceptors (Lipinski definition) is 3. The van der Waals surface area contributed by atoms with Crippen LogP contribution >= 0.6 is 0 Å². The molecule has 0 atom stereocenters. The van der Waals surface area contributed by atoms with Crippen LogP contribution in [0.2, 0.25) is 0 Å². The molecule has 0 saturated carbocycles. The lowest BCUT2D eigenvalue weighted by atomic mass is 10.3. The van der Waals surface area contributed by atoms with Gasteiger partial charge in [-0.15, -0.1) is 0 Å². The van der Waals surface area contributed by atoms with E-state index in [0.717, 1.165) is 0 Å². The van der Waals surface area contributed by atoms with Crippen LogP contribution in [-0.4, -0.2) is 5.11 Å². The maximum absolute atomic E-state index is 11.1. The molecule has 0 spiro atoms. The van der Waals surface area contributed by atoms with Crippen molar-refractivity contribution < 1.29 is 13.9 Å². The van der Waals surface area contributed by atoms with Crippen LogP contribution in [0.1, 0.15) is 5.56 Å². The third kappa shape index (κ3) is 1.07. The zero-order chi connectivity index (χ0) is 9.42. The average Bonchev–Trinajstić information content (AvgIpc) is 2.15. The Kier molecular flexibility index (Phi) is 1.55. The van der Waals surface area contributed by atoms with E-state index in [1.165, 1.54) is 11.3 Å². The molecule has 0 unspecified atom stereocenters. The van der Waals surface area contributed by atoms with Crippen molar-refractivity contribution in [1.82, 2.24) is 0 Å². The Hall–Kier alpha value is -1.84. The number of nitrogens with zero attached hydrogens (tertiary/aromatic N) is 1. The molecule has 2 aromatic heterocycles. The van der Waals surface area contributed by atoms with Crippen molar-refractivity contribution in [1.29, 1.82) is 0 Å². The van der Waals surface area contributed by atoms with E-state index in [4.69, 9.17) is 4.42 Å². The van der Waals surface area contributed by atoms with Gasteiger partial charge in [0.15, 0.2) is 6.20 Å². The fourth-order valence-electron chi connectivity index (χ4n) is 1.13. The molecule has 0 bridgehead atoms. The Morgan fingerprint density at radius 3 is 3.00 bits per heavy atom. The first-order valence-electron chi connectivity index (χ1n) is 3.83. The summed E-state index contributed by atoms with van der Waals surface area (Å²) in [5, 5.41) is 9.54. The summed E-state index contributed by atoms with van der Waals surface area (Å²) in [6, 6.07) is 5.08. The van der Waals surface area contributed by atoms with E-state index in [1.807, 2.05) is 0 Å². The number of aromatic hydroxyl groups is 1. The minimum Gasteiger partial charge on any atom is -0.459 e. The fourth-order valence-corrected chi connectivity index (χ4v) is 1.13. The third-order valence-electron chi connectivity index (χ3n) is 1.89. The lowest BCUT2D eigenvalue weighted by Gasteiger charge is -1.93. The Labute approximate surface area is 73.7 Å². The molecular weight excluding hydrogens is 170 g/mol. The second-order valence-corrected chi connectivity index (χ2v) is 2.75. The summed E-state index contributed by atoms with van der Waals surface area (Å²) in [6.45, 7) is 1.51. The minimum absolute atomic E-state index is 0.0770. The third-order valence-corrected chi connectivity index (χ3v) is 1.89. The Morgan fingerprint density at radius 2 is 2.23 bits per heavy atom. The Balaban J connectivity index is 3.02. The summed E-state index contributed by atoms with van der Waals surface area (Å²) in [5.41, 5.74) is 0.0306. The molecule has 0 amide bonds. The lowest BCUT2D eigenvalue weighted by Crippen LogP contribution is -2.26. The Morgan fingerprint density at radius 1 is 1.46 bits per heavy atom. The molecule has 0 aliphatic heterocycles. The number of hydrogen-bond donors (Lipinski definition) is 1. The number of aromatic nitrogens is 1. The molecule has 2 rings (SSSR count). The predicted octanol–water partition coefficient (Wildman–Crippen LogP) is 0.393. The molecular formula is C9H8NO3+. The highest BCUT2D eigenvalue weighted by molar-refractivity contribution is 5.26. The van der Waals surface area contributed by atoms with Crippen molar-refractivity contribution in [3.63, 3.8) is 0 Å².